The third-order valence-electron chi connectivity index (χ3n) is 6.82. The van der Waals surface area contributed by atoms with Crippen molar-refractivity contribution in [3.63, 3.8) is 0 Å². The molecule has 1 heterocycles. The molecule has 0 bridgehead atoms. The highest BCUT2D eigenvalue weighted by Gasteiger charge is 2.41. The lowest BCUT2D eigenvalue weighted by molar-refractivity contribution is -0.151. The predicted octanol–water partition coefficient (Wildman–Crippen LogP) is 8.87. The van der Waals surface area contributed by atoms with Crippen molar-refractivity contribution >= 4 is 57.4 Å². The summed E-state index contributed by atoms with van der Waals surface area (Å²) in [5.74, 6) is -2.54. The fraction of sp³-hybridized carbons (Fsp3) is 0.172. The minimum absolute atomic E-state index is 0.0117. The van der Waals surface area contributed by atoms with E-state index in [4.69, 9.17) is 34.8 Å². The van der Waals surface area contributed by atoms with Crippen LogP contribution in [-0.4, -0.2) is 22.9 Å². The van der Waals surface area contributed by atoms with Gasteiger partial charge in [0.2, 0.25) is 0 Å². The predicted molar refractivity (Wildman–Crippen MR) is 143 cm³/mol. The number of amides is 2. The monoisotopic (exact) mass is 575 g/mol. The maximum Gasteiger partial charge on any atom is 0.395 e. The topological polar surface area (TPSA) is 37.4 Å². The first-order valence-corrected chi connectivity index (χ1v) is 12.9. The van der Waals surface area contributed by atoms with Crippen LogP contribution in [0.15, 0.2) is 72.8 Å². The summed E-state index contributed by atoms with van der Waals surface area (Å²) in [6.07, 6.45) is -4.64. The number of benzene rings is 4. The SMILES string of the molecule is O=C1c2ccccc2C(=O)N1Cc1ccc(CCC(c2cc(Cl)c(Cl)c(Cl)c2)C(F)(F)F)c2ccccc12. The maximum atomic E-state index is 14.1. The minimum atomic E-state index is -4.53. The summed E-state index contributed by atoms with van der Waals surface area (Å²) < 4.78 is 42.2. The highest BCUT2D eigenvalue weighted by Crippen LogP contribution is 2.42. The van der Waals surface area contributed by atoms with E-state index in [9.17, 15) is 22.8 Å². The Labute approximate surface area is 231 Å². The van der Waals surface area contributed by atoms with Gasteiger partial charge in [-0.1, -0.05) is 83.3 Å². The molecule has 1 aliphatic rings. The first-order valence-electron chi connectivity index (χ1n) is 11.7. The van der Waals surface area contributed by atoms with Crippen LogP contribution in [0.1, 0.15) is 49.7 Å². The van der Waals surface area contributed by atoms with Gasteiger partial charge in [0.05, 0.1) is 38.7 Å². The normalized spacial score (nSPS) is 14.3. The zero-order valence-corrected chi connectivity index (χ0v) is 21.9. The van der Waals surface area contributed by atoms with E-state index in [1.807, 2.05) is 18.2 Å². The Bertz CT molecular complexity index is 1530. The van der Waals surface area contributed by atoms with E-state index in [0.717, 1.165) is 16.3 Å². The minimum Gasteiger partial charge on any atom is -0.270 e. The second-order valence-corrected chi connectivity index (χ2v) is 10.3. The fourth-order valence-electron chi connectivity index (χ4n) is 4.93. The molecule has 0 N–H and O–H groups in total. The van der Waals surface area contributed by atoms with Gasteiger partial charge in [0.25, 0.3) is 11.8 Å². The number of rotatable bonds is 6. The highest BCUT2D eigenvalue weighted by atomic mass is 35.5. The van der Waals surface area contributed by atoms with Gasteiger partial charge in [-0.15, -0.1) is 0 Å². The van der Waals surface area contributed by atoms with E-state index in [-0.39, 0.29) is 51.8 Å². The summed E-state index contributed by atoms with van der Waals surface area (Å²) in [5.41, 5.74) is 2.11. The van der Waals surface area contributed by atoms with Gasteiger partial charge >= 0.3 is 6.18 Å². The zero-order valence-electron chi connectivity index (χ0n) is 19.7. The van der Waals surface area contributed by atoms with Crippen LogP contribution in [0.3, 0.4) is 0 Å². The van der Waals surface area contributed by atoms with Crippen LogP contribution in [0.2, 0.25) is 15.1 Å². The quantitative estimate of drug-likeness (QED) is 0.170. The van der Waals surface area contributed by atoms with E-state index < -0.39 is 12.1 Å². The van der Waals surface area contributed by atoms with E-state index in [2.05, 4.69) is 0 Å². The highest BCUT2D eigenvalue weighted by molar-refractivity contribution is 6.48. The van der Waals surface area contributed by atoms with Gasteiger partial charge in [0, 0.05) is 0 Å². The molecular weight excluding hydrogens is 558 g/mol. The van der Waals surface area contributed by atoms with Crippen LogP contribution in [0.25, 0.3) is 10.8 Å². The van der Waals surface area contributed by atoms with Gasteiger partial charge in [-0.3, -0.25) is 14.5 Å². The Morgan fingerprint density at radius 2 is 1.24 bits per heavy atom. The van der Waals surface area contributed by atoms with E-state index in [0.29, 0.717) is 16.7 Å². The standard InChI is InChI=1S/C29H19Cl3F3NO2/c30-24-13-18(14-25(31)26(24)32)23(29(33,34)35)12-11-16-9-10-17(20-6-2-1-5-19(16)20)15-36-27(37)21-7-3-4-8-22(21)28(36)38/h1-10,13-14,23H,11-12,15H2. The maximum absolute atomic E-state index is 14.1. The Balaban J connectivity index is 1.44. The Hall–Kier alpha value is -3.06. The second kappa shape index (κ2) is 10.3. The Morgan fingerprint density at radius 3 is 1.79 bits per heavy atom. The Kier molecular flexibility index (Phi) is 7.16. The smallest absolute Gasteiger partial charge is 0.270 e. The number of nitrogens with zero attached hydrogens (tertiary/aromatic N) is 1. The van der Waals surface area contributed by atoms with Crippen LogP contribution in [-0.2, 0) is 13.0 Å². The molecule has 0 aromatic heterocycles. The van der Waals surface area contributed by atoms with Crippen molar-refractivity contribution in [1.29, 1.82) is 0 Å². The molecule has 194 valence electrons. The molecule has 9 heteroatoms. The van der Waals surface area contributed by atoms with Crippen LogP contribution in [0.5, 0.6) is 0 Å². The summed E-state index contributed by atoms with van der Waals surface area (Å²) in [6, 6.07) is 19.9. The van der Waals surface area contributed by atoms with E-state index in [1.54, 1.807) is 42.5 Å². The Morgan fingerprint density at radius 1 is 0.737 bits per heavy atom. The summed E-state index contributed by atoms with van der Waals surface area (Å²) in [4.78, 5) is 26.9. The average molecular weight is 577 g/mol. The number of alkyl halides is 3. The van der Waals surface area contributed by atoms with Crippen molar-refractivity contribution in [2.75, 3.05) is 0 Å². The number of aryl methyl sites for hydroxylation is 1. The van der Waals surface area contributed by atoms with Gasteiger partial charge in [0.15, 0.2) is 0 Å². The molecule has 1 atom stereocenters. The molecule has 0 saturated heterocycles. The first kappa shape index (κ1) is 26.5. The lowest BCUT2D eigenvalue weighted by atomic mass is 9.89. The number of imide groups is 1. The van der Waals surface area contributed by atoms with Crippen LogP contribution < -0.4 is 0 Å². The number of carbonyl (C=O) groups is 2. The summed E-state index contributed by atoms with van der Waals surface area (Å²) in [7, 11) is 0. The molecule has 0 aliphatic carbocycles. The number of carbonyl (C=O) groups excluding carboxylic acids is 2. The van der Waals surface area contributed by atoms with Crippen LogP contribution in [0.4, 0.5) is 13.2 Å². The van der Waals surface area contributed by atoms with Crippen LogP contribution in [0, 0.1) is 0 Å². The van der Waals surface area contributed by atoms with E-state index in [1.165, 1.54) is 17.0 Å². The number of fused-ring (bicyclic) bond motifs is 2. The molecular formula is C29H19Cl3F3NO2. The number of hydrogen-bond donors (Lipinski definition) is 0. The lowest BCUT2D eigenvalue weighted by Gasteiger charge is -2.22. The fourth-order valence-corrected chi connectivity index (χ4v) is 5.54. The van der Waals surface area contributed by atoms with Gasteiger partial charge in [-0.05, 0) is 64.6 Å². The molecule has 0 fully saturated rings. The molecule has 3 nitrogen and oxygen atoms in total. The van der Waals surface area contributed by atoms with Gasteiger partial charge < -0.3 is 0 Å². The second-order valence-electron chi connectivity index (χ2n) is 9.10. The van der Waals surface area contributed by atoms with Gasteiger partial charge in [0.1, 0.15) is 0 Å². The molecule has 4 aromatic carbocycles. The molecule has 0 saturated carbocycles. The largest absolute Gasteiger partial charge is 0.395 e. The van der Waals surface area contributed by atoms with Crippen molar-refractivity contribution < 1.29 is 22.8 Å². The molecule has 1 aliphatic heterocycles. The van der Waals surface area contributed by atoms with Crippen molar-refractivity contribution in [1.82, 2.24) is 4.90 Å². The summed E-state index contributed by atoms with van der Waals surface area (Å²) in [6.45, 7) is 0.0556. The molecule has 38 heavy (non-hydrogen) atoms. The van der Waals surface area contributed by atoms with Gasteiger partial charge in [-0.25, -0.2) is 0 Å². The van der Waals surface area contributed by atoms with Crippen molar-refractivity contribution in [2.45, 2.75) is 31.5 Å². The first-order chi connectivity index (χ1) is 18.1. The molecule has 0 radical (unpaired) electrons. The van der Waals surface area contributed by atoms with Gasteiger partial charge in [-0.2, -0.15) is 13.2 Å². The van der Waals surface area contributed by atoms with Crippen LogP contribution >= 0.6 is 34.8 Å². The molecule has 5 rings (SSSR count). The summed E-state index contributed by atoms with van der Waals surface area (Å²) >= 11 is 18.0. The van der Waals surface area contributed by atoms with E-state index >= 15 is 0 Å². The lowest BCUT2D eigenvalue weighted by Crippen LogP contribution is -2.29. The number of halogens is 6. The third-order valence-corrected chi connectivity index (χ3v) is 8.01. The van der Waals surface area contributed by atoms with Crippen molar-refractivity contribution in [3.8, 4) is 0 Å². The average Bonchev–Trinajstić information content (AvgIpc) is 3.12. The molecule has 2 amide bonds. The third kappa shape index (κ3) is 4.89. The van der Waals surface area contributed by atoms with Crippen molar-refractivity contribution in [3.05, 3.63) is 116 Å². The number of hydrogen-bond acceptors (Lipinski definition) is 2. The molecule has 1 unspecified atom stereocenters. The zero-order chi connectivity index (χ0) is 27.2. The van der Waals surface area contributed by atoms with Crippen molar-refractivity contribution in [2.24, 2.45) is 0 Å². The molecule has 4 aromatic rings. The molecule has 0 spiro atoms. The summed E-state index contributed by atoms with van der Waals surface area (Å²) in [5, 5.41) is 1.47.